The van der Waals surface area contributed by atoms with E-state index in [0.29, 0.717) is 56.7 Å². The van der Waals surface area contributed by atoms with E-state index in [0.717, 1.165) is 23.5 Å². The van der Waals surface area contributed by atoms with Crippen molar-refractivity contribution < 1.29 is 23.8 Å². The van der Waals surface area contributed by atoms with Gasteiger partial charge in [0.25, 0.3) is 5.91 Å². The molecule has 2 aliphatic rings. The van der Waals surface area contributed by atoms with Crippen molar-refractivity contribution >= 4 is 17.6 Å². The fourth-order valence-corrected chi connectivity index (χ4v) is 5.35. The van der Waals surface area contributed by atoms with Crippen molar-refractivity contribution in [2.75, 3.05) is 45.4 Å². The number of benzene rings is 1. The Bertz CT molecular complexity index is 1370. The van der Waals surface area contributed by atoms with Crippen molar-refractivity contribution in [3.05, 3.63) is 54.2 Å². The average molecular weight is 578 g/mol. The van der Waals surface area contributed by atoms with Crippen LogP contribution in [0.3, 0.4) is 0 Å². The van der Waals surface area contributed by atoms with E-state index in [4.69, 9.17) is 24.2 Å². The molecule has 0 radical (unpaired) electrons. The largest absolute Gasteiger partial charge is 0.493 e. The third-order valence-corrected chi connectivity index (χ3v) is 7.70. The summed E-state index contributed by atoms with van der Waals surface area (Å²) in [6.45, 7) is 6.60. The molecule has 2 amide bonds. The van der Waals surface area contributed by atoms with Gasteiger partial charge in [-0.05, 0) is 36.5 Å². The van der Waals surface area contributed by atoms with Gasteiger partial charge in [0.2, 0.25) is 11.9 Å². The number of piperazine rings is 1. The molecule has 2 saturated heterocycles. The van der Waals surface area contributed by atoms with Gasteiger partial charge >= 0.3 is 0 Å². The van der Waals surface area contributed by atoms with Crippen molar-refractivity contribution in [3.8, 4) is 17.4 Å². The van der Waals surface area contributed by atoms with Gasteiger partial charge in [-0.3, -0.25) is 14.2 Å². The topological polar surface area (TPSA) is 124 Å². The van der Waals surface area contributed by atoms with Gasteiger partial charge in [0.15, 0.2) is 11.5 Å². The van der Waals surface area contributed by atoms with Crippen molar-refractivity contribution in [1.29, 1.82) is 0 Å². The zero-order chi connectivity index (χ0) is 29.6. The molecule has 2 atom stereocenters. The Balaban J connectivity index is 1.34. The van der Waals surface area contributed by atoms with Crippen LogP contribution in [0.1, 0.15) is 50.3 Å². The van der Waals surface area contributed by atoms with Crippen LogP contribution < -0.4 is 19.7 Å². The highest BCUT2D eigenvalue weighted by molar-refractivity contribution is 5.83. The highest BCUT2D eigenvalue weighted by atomic mass is 16.5. The number of hydrogen-bond donors (Lipinski definition) is 1. The lowest BCUT2D eigenvalue weighted by atomic mass is 10.0. The number of nitrogens with zero attached hydrogens (tertiary/aromatic N) is 6. The molecule has 2 unspecified atom stereocenters. The minimum absolute atomic E-state index is 0.0468. The summed E-state index contributed by atoms with van der Waals surface area (Å²) in [4.78, 5) is 44.4. The van der Waals surface area contributed by atoms with Crippen LogP contribution in [0.2, 0.25) is 0 Å². The second-order valence-corrected chi connectivity index (χ2v) is 10.9. The van der Waals surface area contributed by atoms with Crippen molar-refractivity contribution in [3.63, 3.8) is 0 Å². The highest BCUT2D eigenvalue weighted by Gasteiger charge is 2.37. The molecule has 0 bridgehead atoms. The molecule has 1 N–H and O–H groups in total. The molecule has 0 aliphatic carbocycles. The lowest BCUT2D eigenvalue weighted by Gasteiger charge is -2.42. The van der Waals surface area contributed by atoms with Gasteiger partial charge in [-0.2, -0.15) is 4.98 Å². The molecule has 0 saturated carbocycles. The third kappa shape index (κ3) is 6.64. The molecule has 12 heteroatoms. The summed E-state index contributed by atoms with van der Waals surface area (Å²) in [5.74, 6) is 2.52. The van der Waals surface area contributed by atoms with Gasteiger partial charge < -0.3 is 29.3 Å². The summed E-state index contributed by atoms with van der Waals surface area (Å²) in [5, 5.41) is 3.01. The number of carbonyl (C=O) groups is 2. The molecule has 5 rings (SSSR count). The number of anilines is 1. The number of rotatable bonds is 10. The van der Waals surface area contributed by atoms with Gasteiger partial charge in [0, 0.05) is 57.7 Å². The quantitative estimate of drug-likeness (QED) is 0.387. The van der Waals surface area contributed by atoms with E-state index in [1.165, 1.54) is 0 Å². The Kier molecular flexibility index (Phi) is 9.21. The van der Waals surface area contributed by atoms with E-state index >= 15 is 0 Å². The zero-order valence-corrected chi connectivity index (χ0v) is 24.7. The summed E-state index contributed by atoms with van der Waals surface area (Å²) in [6.07, 6.45) is 6.45. The monoisotopic (exact) mass is 577 g/mol. The van der Waals surface area contributed by atoms with Gasteiger partial charge in [-0.15, -0.1) is 0 Å². The Labute approximate surface area is 246 Å². The Morgan fingerprint density at radius 3 is 2.64 bits per heavy atom. The number of methoxy groups -OCH3 is 2. The Morgan fingerprint density at radius 1 is 1.12 bits per heavy atom. The fourth-order valence-electron chi connectivity index (χ4n) is 5.35. The summed E-state index contributed by atoms with van der Waals surface area (Å²) >= 11 is 0. The molecular formula is C30H39N7O5. The first-order valence-electron chi connectivity index (χ1n) is 14.4. The standard InChI is InChI=1S/C30H39N7O5/c1-20(2)23-16-27(34-30(33-23)36-10-9-31-19-36)35-11-12-37(29(39)25-6-5-13-42-25)22(18-35)15-28(38)32-17-21-7-8-24(40-3)26(14-21)41-4/h7-10,14,16,19-20,22,25H,5-6,11-13,15,17-18H2,1-4H3,(H,32,38). The predicted octanol–water partition coefficient (Wildman–Crippen LogP) is 2.71. The Hall–Kier alpha value is -4.19. The molecule has 224 valence electrons. The minimum Gasteiger partial charge on any atom is -0.493 e. The number of ether oxygens (including phenoxy) is 3. The first kappa shape index (κ1) is 29.3. The first-order chi connectivity index (χ1) is 20.4. The van der Waals surface area contributed by atoms with E-state index in [2.05, 4.69) is 29.0 Å². The van der Waals surface area contributed by atoms with Crippen LogP contribution in [-0.4, -0.2) is 88.8 Å². The fraction of sp³-hybridized carbons (Fsp3) is 0.500. The maximum Gasteiger partial charge on any atom is 0.252 e. The lowest BCUT2D eigenvalue weighted by Crippen LogP contribution is -2.58. The van der Waals surface area contributed by atoms with Gasteiger partial charge in [-0.1, -0.05) is 19.9 Å². The van der Waals surface area contributed by atoms with Crippen molar-refractivity contribution in [1.82, 2.24) is 29.7 Å². The molecule has 2 aliphatic heterocycles. The SMILES string of the molecule is COc1ccc(CNC(=O)CC2CN(c3cc(C(C)C)nc(-n4ccnc4)n3)CCN2C(=O)C2CCCO2)cc1OC. The third-order valence-electron chi connectivity index (χ3n) is 7.70. The van der Waals surface area contributed by atoms with Gasteiger partial charge in [0.05, 0.1) is 26.0 Å². The zero-order valence-electron chi connectivity index (χ0n) is 24.7. The number of imidazole rings is 1. The molecule has 3 aromatic rings. The van der Waals surface area contributed by atoms with Crippen LogP contribution in [0.4, 0.5) is 5.82 Å². The molecule has 2 aromatic heterocycles. The number of carbonyl (C=O) groups excluding carboxylic acids is 2. The van der Waals surface area contributed by atoms with E-state index in [-0.39, 0.29) is 30.2 Å². The predicted molar refractivity (Wildman–Crippen MR) is 156 cm³/mol. The molecule has 0 spiro atoms. The van der Waals surface area contributed by atoms with E-state index < -0.39 is 6.10 Å². The van der Waals surface area contributed by atoms with Crippen LogP contribution >= 0.6 is 0 Å². The molecular weight excluding hydrogens is 538 g/mol. The first-order valence-corrected chi connectivity index (χ1v) is 14.4. The lowest BCUT2D eigenvalue weighted by molar-refractivity contribution is -0.144. The Morgan fingerprint density at radius 2 is 1.95 bits per heavy atom. The van der Waals surface area contributed by atoms with Crippen molar-refractivity contribution in [2.45, 2.75) is 57.7 Å². The summed E-state index contributed by atoms with van der Waals surface area (Å²) in [5.41, 5.74) is 1.79. The van der Waals surface area contributed by atoms with Crippen LogP contribution in [-0.2, 0) is 20.9 Å². The number of hydrogen-bond acceptors (Lipinski definition) is 9. The maximum absolute atomic E-state index is 13.5. The van der Waals surface area contributed by atoms with Crippen LogP contribution in [0.5, 0.6) is 11.5 Å². The average Bonchev–Trinajstić information content (AvgIpc) is 3.75. The second-order valence-electron chi connectivity index (χ2n) is 10.9. The summed E-state index contributed by atoms with van der Waals surface area (Å²) < 4.78 is 18.2. The normalized spacial score (nSPS) is 18.8. The van der Waals surface area contributed by atoms with Gasteiger partial charge in [-0.25, -0.2) is 9.97 Å². The minimum atomic E-state index is -0.451. The number of aromatic nitrogens is 4. The second kappa shape index (κ2) is 13.2. The summed E-state index contributed by atoms with van der Waals surface area (Å²) in [7, 11) is 3.16. The smallest absolute Gasteiger partial charge is 0.252 e. The molecule has 1 aromatic carbocycles. The number of amides is 2. The van der Waals surface area contributed by atoms with Crippen LogP contribution in [0.25, 0.3) is 5.95 Å². The number of nitrogens with one attached hydrogen (secondary N) is 1. The molecule has 2 fully saturated rings. The van der Waals surface area contributed by atoms with Crippen molar-refractivity contribution in [2.24, 2.45) is 0 Å². The summed E-state index contributed by atoms with van der Waals surface area (Å²) in [6, 6.07) is 7.18. The highest BCUT2D eigenvalue weighted by Crippen LogP contribution is 2.28. The van der Waals surface area contributed by atoms with E-state index in [1.54, 1.807) is 31.3 Å². The van der Waals surface area contributed by atoms with Crippen LogP contribution in [0.15, 0.2) is 43.0 Å². The maximum atomic E-state index is 13.5. The molecule has 42 heavy (non-hydrogen) atoms. The molecule has 12 nitrogen and oxygen atoms in total. The van der Waals surface area contributed by atoms with Gasteiger partial charge in [0.1, 0.15) is 18.2 Å². The molecule has 4 heterocycles. The van der Waals surface area contributed by atoms with E-state index in [9.17, 15) is 9.59 Å². The van der Waals surface area contributed by atoms with Crippen LogP contribution in [0, 0.1) is 0 Å². The van der Waals surface area contributed by atoms with E-state index in [1.807, 2.05) is 35.4 Å².